The summed E-state index contributed by atoms with van der Waals surface area (Å²) in [4.78, 5) is 27.5. The number of piperazine rings is 1. The molecule has 0 radical (unpaired) electrons. The van der Waals surface area contributed by atoms with Crippen molar-refractivity contribution in [3.05, 3.63) is 35.1 Å². The Bertz CT molecular complexity index is 689. The Morgan fingerprint density at radius 1 is 1.21 bits per heavy atom. The fourth-order valence-electron chi connectivity index (χ4n) is 3.46. The van der Waals surface area contributed by atoms with Gasteiger partial charge in [-0.05, 0) is 31.4 Å². The number of rotatable bonds is 2. The van der Waals surface area contributed by atoms with Gasteiger partial charge in [0.05, 0.1) is 5.56 Å². The van der Waals surface area contributed by atoms with Gasteiger partial charge >= 0.3 is 6.18 Å². The zero-order valence-corrected chi connectivity index (χ0v) is 12.9. The van der Waals surface area contributed by atoms with E-state index in [0.717, 1.165) is 17.0 Å². The Balaban J connectivity index is 1.95. The standard InChI is InChI=1S/C16H16F4N2O2/c1-9-14(23)21-7-3-6-12(21)15(24)22(9)8-10-4-2-5-11(17)13(10)16(18,19)20/h2,4-5,9,12H,3,6-8H2,1H3/t9-,12+/m0/s1. The maximum absolute atomic E-state index is 13.7. The van der Waals surface area contributed by atoms with E-state index in [9.17, 15) is 27.2 Å². The van der Waals surface area contributed by atoms with Gasteiger partial charge in [0.15, 0.2) is 0 Å². The van der Waals surface area contributed by atoms with Crippen molar-refractivity contribution >= 4 is 11.8 Å². The molecular formula is C16H16F4N2O2. The minimum Gasteiger partial charge on any atom is -0.329 e. The summed E-state index contributed by atoms with van der Waals surface area (Å²) < 4.78 is 53.1. The molecule has 2 amide bonds. The zero-order chi connectivity index (χ0) is 17.6. The third kappa shape index (κ3) is 2.63. The smallest absolute Gasteiger partial charge is 0.329 e. The molecule has 8 heteroatoms. The van der Waals surface area contributed by atoms with Crippen LogP contribution < -0.4 is 0 Å². The van der Waals surface area contributed by atoms with Gasteiger partial charge in [-0.2, -0.15) is 13.2 Å². The van der Waals surface area contributed by atoms with Crippen molar-refractivity contribution in [2.45, 2.75) is 44.6 Å². The fourth-order valence-corrected chi connectivity index (χ4v) is 3.46. The van der Waals surface area contributed by atoms with Gasteiger partial charge in [0, 0.05) is 13.1 Å². The molecule has 2 fully saturated rings. The summed E-state index contributed by atoms with van der Waals surface area (Å²) in [6.07, 6.45) is -3.67. The average molecular weight is 344 g/mol. The van der Waals surface area contributed by atoms with E-state index in [2.05, 4.69) is 0 Å². The molecule has 2 saturated heterocycles. The van der Waals surface area contributed by atoms with Gasteiger partial charge in [-0.1, -0.05) is 12.1 Å². The van der Waals surface area contributed by atoms with Gasteiger partial charge < -0.3 is 9.80 Å². The predicted octanol–water partition coefficient (Wildman–Crippen LogP) is 2.57. The monoisotopic (exact) mass is 344 g/mol. The molecule has 0 aromatic heterocycles. The van der Waals surface area contributed by atoms with E-state index in [0.29, 0.717) is 19.4 Å². The molecule has 0 spiro atoms. The molecule has 2 aliphatic rings. The van der Waals surface area contributed by atoms with Crippen molar-refractivity contribution in [2.75, 3.05) is 6.54 Å². The van der Waals surface area contributed by atoms with Crippen LogP contribution in [-0.4, -0.2) is 40.2 Å². The van der Waals surface area contributed by atoms with Gasteiger partial charge in [0.2, 0.25) is 11.8 Å². The minimum absolute atomic E-state index is 0.276. The summed E-state index contributed by atoms with van der Waals surface area (Å²) in [5.74, 6) is -2.04. The number of fused-ring (bicyclic) bond motifs is 1. The van der Waals surface area contributed by atoms with Crippen LogP contribution in [-0.2, 0) is 22.3 Å². The molecule has 1 aromatic carbocycles. The van der Waals surface area contributed by atoms with E-state index in [-0.39, 0.29) is 17.4 Å². The Hall–Kier alpha value is -2.12. The normalized spacial score (nSPS) is 24.5. The van der Waals surface area contributed by atoms with Crippen LogP contribution in [0.4, 0.5) is 17.6 Å². The van der Waals surface area contributed by atoms with Crippen molar-refractivity contribution in [3.8, 4) is 0 Å². The van der Waals surface area contributed by atoms with Crippen molar-refractivity contribution in [2.24, 2.45) is 0 Å². The highest BCUT2D eigenvalue weighted by Gasteiger charge is 2.46. The van der Waals surface area contributed by atoms with E-state index >= 15 is 0 Å². The predicted molar refractivity (Wildman–Crippen MR) is 76.1 cm³/mol. The average Bonchev–Trinajstić information content (AvgIpc) is 2.98. The molecule has 4 nitrogen and oxygen atoms in total. The SMILES string of the molecule is C[C@H]1C(=O)N2CCC[C@@H]2C(=O)N1Cc1cccc(F)c1C(F)(F)F. The molecule has 24 heavy (non-hydrogen) atoms. The molecule has 0 saturated carbocycles. The lowest BCUT2D eigenvalue weighted by Crippen LogP contribution is -2.61. The van der Waals surface area contributed by atoms with E-state index in [4.69, 9.17) is 0 Å². The summed E-state index contributed by atoms with van der Waals surface area (Å²) in [5, 5.41) is 0. The van der Waals surface area contributed by atoms with Gasteiger partial charge in [-0.3, -0.25) is 9.59 Å². The van der Waals surface area contributed by atoms with E-state index < -0.39 is 36.2 Å². The quantitative estimate of drug-likeness (QED) is 0.774. The molecule has 1 aromatic rings. The number of halogens is 4. The highest BCUT2D eigenvalue weighted by atomic mass is 19.4. The number of nitrogens with zero attached hydrogens (tertiary/aromatic N) is 2. The maximum atomic E-state index is 13.7. The zero-order valence-electron chi connectivity index (χ0n) is 12.9. The lowest BCUT2D eigenvalue weighted by atomic mass is 10.0. The number of carbonyl (C=O) groups excluding carboxylic acids is 2. The van der Waals surface area contributed by atoms with Crippen LogP contribution in [0.25, 0.3) is 0 Å². The fraction of sp³-hybridized carbons (Fsp3) is 0.500. The van der Waals surface area contributed by atoms with Crippen molar-refractivity contribution in [1.29, 1.82) is 0 Å². The molecule has 0 N–H and O–H groups in total. The maximum Gasteiger partial charge on any atom is 0.419 e. The Morgan fingerprint density at radius 3 is 2.58 bits per heavy atom. The number of alkyl halides is 3. The van der Waals surface area contributed by atoms with Crippen molar-refractivity contribution in [1.82, 2.24) is 9.80 Å². The summed E-state index contributed by atoms with van der Waals surface area (Å²) in [6, 6.07) is 1.56. The Morgan fingerprint density at radius 2 is 1.92 bits per heavy atom. The van der Waals surface area contributed by atoms with Crippen LogP contribution in [0.5, 0.6) is 0 Å². The molecule has 2 atom stereocenters. The van der Waals surface area contributed by atoms with Gasteiger partial charge in [0.1, 0.15) is 17.9 Å². The highest BCUT2D eigenvalue weighted by molar-refractivity contribution is 5.97. The Kier molecular flexibility index (Phi) is 4.01. The first-order valence-corrected chi connectivity index (χ1v) is 7.67. The molecule has 0 unspecified atom stereocenters. The number of carbonyl (C=O) groups is 2. The highest BCUT2D eigenvalue weighted by Crippen LogP contribution is 2.36. The van der Waals surface area contributed by atoms with Crippen LogP contribution in [0.15, 0.2) is 18.2 Å². The molecular weight excluding hydrogens is 328 g/mol. The first-order valence-electron chi connectivity index (χ1n) is 7.67. The molecule has 130 valence electrons. The molecule has 0 bridgehead atoms. The first kappa shape index (κ1) is 16.7. The Labute approximate surface area is 136 Å². The summed E-state index contributed by atoms with van der Waals surface area (Å²) in [5.41, 5.74) is -1.73. The number of hydrogen-bond acceptors (Lipinski definition) is 2. The van der Waals surface area contributed by atoms with E-state index in [1.165, 1.54) is 17.9 Å². The lowest BCUT2D eigenvalue weighted by molar-refractivity contribution is -0.159. The third-order valence-electron chi connectivity index (χ3n) is 4.65. The summed E-state index contributed by atoms with van der Waals surface area (Å²) in [7, 11) is 0. The van der Waals surface area contributed by atoms with Crippen LogP contribution in [0, 0.1) is 5.82 Å². The minimum atomic E-state index is -4.87. The van der Waals surface area contributed by atoms with Crippen LogP contribution >= 0.6 is 0 Å². The van der Waals surface area contributed by atoms with Gasteiger partial charge in [-0.15, -0.1) is 0 Å². The van der Waals surface area contributed by atoms with Crippen molar-refractivity contribution in [3.63, 3.8) is 0 Å². The second-order valence-electron chi connectivity index (χ2n) is 6.10. The second kappa shape index (κ2) is 5.75. The lowest BCUT2D eigenvalue weighted by Gasteiger charge is -2.41. The number of benzene rings is 1. The molecule has 2 aliphatic heterocycles. The topological polar surface area (TPSA) is 40.6 Å². The number of hydrogen-bond donors (Lipinski definition) is 0. The van der Waals surface area contributed by atoms with Crippen LogP contribution in [0.1, 0.15) is 30.9 Å². The molecule has 2 heterocycles. The molecule has 0 aliphatic carbocycles. The van der Waals surface area contributed by atoms with Gasteiger partial charge in [-0.25, -0.2) is 4.39 Å². The van der Waals surface area contributed by atoms with Crippen LogP contribution in [0.2, 0.25) is 0 Å². The summed E-state index contributed by atoms with van der Waals surface area (Å²) in [6.45, 7) is 1.53. The molecule has 3 rings (SSSR count). The first-order chi connectivity index (χ1) is 11.2. The second-order valence-corrected chi connectivity index (χ2v) is 6.10. The largest absolute Gasteiger partial charge is 0.419 e. The van der Waals surface area contributed by atoms with Crippen LogP contribution in [0.3, 0.4) is 0 Å². The third-order valence-corrected chi connectivity index (χ3v) is 4.65. The van der Waals surface area contributed by atoms with E-state index in [1.54, 1.807) is 0 Å². The van der Waals surface area contributed by atoms with E-state index in [1.807, 2.05) is 0 Å². The van der Waals surface area contributed by atoms with Gasteiger partial charge in [0.25, 0.3) is 0 Å². The number of amides is 2. The van der Waals surface area contributed by atoms with Crippen molar-refractivity contribution < 1.29 is 27.2 Å². The summed E-state index contributed by atoms with van der Waals surface area (Å²) >= 11 is 0.